The lowest BCUT2D eigenvalue weighted by Gasteiger charge is -2.36. The second kappa shape index (κ2) is 8.47. The number of carbonyl (C=O) groups is 1. The third kappa shape index (κ3) is 5.78. The van der Waals surface area contributed by atoms with Crippen LogP contribution in [0.25, 0.3) is 0 Å². The molecule has 24 heavy (non-hydrogen) atoms. The highest BCUT2D eigenvalue weighted by Crippen LogP contribution is 2.21. The summed E-state index contributed by atoms with van der Waals surface area (Å²) in [6, 6.07) is 8.06. The number of piperazine rings is 1. The molecule has 0 atom stereocenters. The zero-order valence-electron chi connectivity index (χ0n) is 14.8. The van der Waals surface area contributed by atoms with E-state index in [0.717, 1.165) is 30.9 Å². The average molecular weight is 355 g/mol. The first-order chi connectivity index (χ1) is 11.4. The number of amides is 1. The second-order valence-corrected chi connectivity index (χ2v) is 7.22. The van der Waals surface area contributed by atoms with E-state index in [0.29, 0.717) is 25.6 Å². The number of ether oxygens (including phenoxy) is 2. The summed E-state index contributed by atoms with van der Waals surface area (Å²) in [5, 5.41) is 0. The van der Waals surface area contributed by atoms with Crippen LogP contribution < -0.4 is 9.64 Å². The number of hydrogen-bond donors (Lipinski definition) is 0. The van der Waals surface area contributed by atoms with Crippen molar-refractivity contribution in [2.75, 3.05) is 43.6 Å². The molecule has 1 saturated heterocycles. The van der Waals surface area contributed by atoms with Gasteiger partial charge >= 0.3 is 6.09 Å². The van der Waals surface area contributed by atoms with Gasteiger partial charge in [0, 0.05) is 37.7 Å². The molecule has 1 heterocycles. The van der Waals surface area contributed by atoms with E-state index >= 15 is 0 Å². The van der Waals surface area contributed by atoms with Gasteiger partial charge in [0.1, 0.15) is 11.4 Å². The van der Waals surface area contributed by atoms with Crippen molar-refractivity contribution < 1.29 is 14.3 Å². The van der Waals surface area contributed by atoms with Crippen LogP contribution in [0.2, 0.25) is 0 Å². The minimum atomic E-state index is -0.451. The smallest absolute Gasteiger partial charge is 0.410 e. The maximum atomic E-state index is 12.1. The van der Waals surface area contributed by atoms with Crippen molar-refractivity contribution in [2.24, 2.45) is 0 Å². The zero-order chi connectivity index (χ0) is 17.6. The average Bonchev–Trinajstić information content (AvgIpc) is 2.54. The van der Waals surface area contributed by atoms with Gasteiger partial charge in [-0.1, -0.05) is 0 Å². The molecule has 0 bridgehead atoms. The Hall–Kier alpha value is -1.62. The second-order valence-electron chi connectivity index (χ2n) is 6.84. The molecule has 0 radical (unpaired) electrons. The summed E-state index contributed by atoms with van der Waals surface area (Å²) in [6.07, 6.45) is 0.612. The monoisotopic (exact) mass is 354 g/mol. The Labute approximate surface area is 149 Å². The minimum absolute atomic E-state index is 0.231. The van der Waals surface area contributed by atoms with Crippen molar-refractivity contribution in [1.82, 2.24) is 4.90 Å². The van der Waals surface area contributed by atoms with Crippen LogP contribution in [0.3, 0.4) is 0 Å². The molecule has 0 saturated carbocycles. The predicted octanol–water partition coefficient (Wildman–Crippen LogP) is 3.75. The highest BCUT2D eigenvalue weighted by atomic mass is 35.5. The molecule has 0 spiro atoms. The number of benzene rings is 1. The van der Waals surface area contributed by atoms with Crippen LogP contribution in [-0.2, 0) is 4.74 Å². The topological polar surface area (TPSA) is 42.0 Å². The normalized spacial score (nSPS) is 15.3. The number of alkyl halides is 1. The highest BCUT2D eigenvalue weighted by molar-refractivity contribution is 6.17. The molecule has 1 aromatic carbocycles. The maximum absolute atomic E-state index is 12.1. The van der Waals surface area contributed by atoms with Crippen LogP contribution in [0.5, 0.6) is 5.75 Å². The molecule has 5 nitrogen and oxygen atoms in total. The van der Waals surface area contributed by atoms with Gasteiger partial charge in [-0.2, -0.15) is 0 Å². The van der Waals surface area contributed by atoms with Gasteiger partial charge in [-0.3, -0.25) is 0 Å². The van der Waals surface area contributed by atoms with Crippen molar-refractivity contribution >= 4 is 23.4 Å². The molecule has 1 aliphatic heterocycles. The summed E-state index contributed by atoms with van der Waals surface area (Å²) >= 11 is 5.64. The Morgan fingerprint density at radius 3 is 2.29 bits per heavy atom. The first kappa shape index (κ1) is 18.7. The summed E-state index contributed by atoms with van der Waals surface area (Å²) in [6.45, 7) is 9.23. The van der Waals surface area contributed by atoms with E-state index in [1.807, 2.05) is 32.9 Å². The lowest BCUT2D eigenvalue weighted by molar-refractivity contribution is 0.0240. The van der Waals surface area contributed by atoms with E-state index in [-0.39, 0.29) is 6.09 Å². The molecule has 0 unspecified atom stereocenters. The van der Waals surface area contributed by atoms with Crippen molar-refractivity contribution in [3.63, 3.8) is 0 Å². The van der Waals surface area contributed by atoms with Crippen molar-refractivity contribution in [1.29, 1.82) is 0 Å². The van der Waals surface area contributed by atoms with Crippen molar-refractivity contribution in [2.45, 2.75) is 32.8 Å². The largest absolute Gasteiger partial charge is 0.494 e. The van der Waals surface area contributed by atoms with Gasteiger partial charge in [0.2, 0.25) is 0 Å². The lowest BCUT2D eigenvalue weighted by Crippen LogP contribution is -2.50. The molecule has 2 rings (SSSR count). The van der Waals surface area contributed by atoms with Crippen LogP contribution in [0.15, 0.2) is 24.3 Å². The van der Waals surface area contributed by atoms with Crippen LogP contribution in [-0.4, -0.2) is 55.3 Å². The van der Waals surface area contributed by atoms with Gasteiger partial charge in [-0.05, 0) is 51.5 Å². The van der Waals surface area contributed by atoms with E-state index < -0.39 is 5.60 Å². The molecule has 1 amide bonds. The number of nitrogens with zero attached hydrogens (tertiary/aromatic N) is 2. The summed E-state index contributed by atoms with van der Waals surface area (Å²) in [5.41, 5.74) is 0.691. The maximum Gasteiger partial charge on any atom is 0.410 e. The van der Waals surface area contributed by atoms with E-state index in [1.54, 1.807) is 4.90 Å². The van der Waals surface area contributed by atoms with Crippen LogP contribution in [0.4, 0.5) is 10.5 Å². The number of rotatable bonds is 5. The van der Waals surface area contributed by atoms with Gasteiger partial charge in [0.05, 0.1) is 6.61 Å². The quantitative estimate of drug-likeness (QED) is 0.596. The van der Waals surface area contributed by atoms with Gasteiger partial charge in [-0.25, -0.2) is 4.79 Å². The predicted molar refractivity (Wildman–Crippen MR) is 97.3 cm³/mol. The van der Waals surface area contributed by atoms with Gasteiger partial charge in [0.25, 0.3) is 0 Å². The Morgan fingerprint density at radius 2 is 1.75 bits per heavy atom. The summed E-state index contributed by atoms with van der Waals surface area (Å²) in [4.78, 5) is 16.1. The Kier molecular flexibility index (Phi) is 6.60. The van der Waals surface area contributed by atoms with E-state index in [9.17, 15) is 4.79 Å². The fraction of sp³-hybridized carbons (Fsp3) is 0.611. The van der Waals surface area contributed by atoms with Crippen molar-refractivity contribution in [3.05, 3.63) is 24.3 Å². The Bertz CT molecular complexity index is 520. The summed E-state index contributed by atoms with van der Waals surface area (Å²) in [7, 11) is 0. The Morgan fingerprint density at radius 1 is 1.12 bits per heavy atom. The third-order valence-corrected chi connectivity index (χ3v) is 3.95. The van der Waals surface area contributed by atoms with E-state index in [2.05, 4.69) is 17.0 Å². The summed E-state index contributed by atoms with van der Waals surface area (Å²) < 4.78 is 11.0. The molecular formula is C18H27ClN2O3. The molecule has 0 N–H and O–H groups in total. The van der Waals surface area contributed by atoms with Crippen molar-refractivity contribution in [3.8, 4) is 5.75 Å². The molecule has 1 aromatic rings. The first-order valence-corrected chi connectivity index (χ1v) is 8.94. The molecular weight excluding hydrogens is 328 g/mol. The molecule has 0 aromatic heterocycles. The van der Waals surface area contributed by atoms with Gasteiger partial charge < -0.3 is 19.3 Å². The van der Waals surface area contributed by atoms with Gasteiger partial charge in [0.15, 0.2) is 0 Å². The zero-order valence-corrected chi connectivity index (χ0v) is 15.5. The van der Waals surface area contributed by atoms with Crippen LogP contribution in [0, 0.1) is 0 Å². The number of hydrogen-bond acceptors (Lipinski definition) is 4. The molecule has 0 aliphatic carbocycles. The molecule has 1 fully saturated rings. The third-order valence-electron chi connectivity index (χ3n) is 3.68. The number of carbonyl (C=O) groups excluding carboxylic acids is 1. The first-order valence-electron chi connectivity index (χ1n) is 8.41. The Balaban J connectivity index is 1.82. The number of anilines is 1. The fourth-order valence-electron chi connectivity index (χ4n) is 2.47. The highest BCUT2D eigenvalue weighted by Gasteiger charge is 2.25. The molecule has 1 aliphatic rings. The lowest BCUT2D eigenvalue weighted by atomic mass is 10.2. The SMILES string of the molecule is CC(C)(C)OC(=O)N1CCN(c2ccc(OCCCCl)cc2)CC1. The fourth-order valence-corrected chi connectivity index (χ4v) is 2.58. The van der Waals surface area contributed by atoms with Gasteiger partial charge in [-0.15, -0.1) is 11.6 Å². The van der Waals surface area contributed by atoms with Crippen LogP contribution >= 0.6 is 11.6 Å². The standard InChI is InChI=1S/C18H27ClN2O3/c1-18(2,3)24-17(22)21-12-10-20(11-13-21)15-5-7-16(8-6-15)23-14-4-9-19/h5-8H,4,9-14H2,1-3H3. The van der Waals surface area contributed by atoms with Crippen LogP contribution in [0.1, 0.15) is 27.2 Å². The minimum Gasteiger partial charge on any atom is -0.494 e. The summed E-state index contributed by atoms with van der Waals surface area (Å²) in [5.74, 6) is 1.47. The molecule has 6 heteroatoms. The van der Waals surface area contributed by atoms with E-state index in [1.165, 1.54) is 0 Å². The number of halogens is 1. The van der Waals surface area contributed by atoms with E-state index in [4.69, 9.17) is 21.1 Å². The molecule has 134 valence electrons.